The maximum atomic E-state index is 13.9. The van der Waals surface area contributed by atoms with Gasteiger partial charge in [-0.2, -0.15) is 0 Å². The molecule has 1 unspecified atom stereocenters. The highest BCUT2D eigenvalue weighted by atomic mass is 127. The molecule has 180 valence electrons. The molecule has 0 fully saturated rings. The zero-order valence-corrected chi connectivity index (χ0v) is 24.3. The molecule has 1 aromatic heterocycles. The Labute approximate surface area is 238 Å². The second-order valence-electron chi connectivity index (χ2n) is 8.72. The van der Waals surface area contributed by atoms with Crippen LogP contribution in [0.5, 0.6) is 11.5 Å². The zero-order chi connectivity index (χ0) is 25.0. The Kier molecular flexibility index (Phi) is 6.29. The van der Waals surface area contributed by atoms with Crippen molar-refractivity contribution in [3.05, 3.63) is 115 Å². The summed E-state index contributed by atoms with van der Waals surface area (Å²) in [6.45, 7) is 0. The average Bonchev–Trinajstić information content (AvgIpc) is 3.20. The van der Waals surface area contributed by atoms with Gasteiger partial charge in [0, 0.05) is 14.7 Å². The van der Waals surface area contributed by atoms with E-state index < -0.39 is 0 Å². The summed E-state index contributed by atoms with van der Waals surface area (Å²) in [6, 6.07) is 19.8. The number of thiazole rings is 1. The second-order valence-corrected chi connectivity index (χ2v) is 12.1. The van der Waals surface area contributed by atoms with Crippen LogP contribution in [0.4, 0.5) is 0 Å². The van der Waals surface area contributed by atoms with Gasteiger partial charge in [0.25, 0.3) is 5.56 Å². The number of aryl methyl sites for hydroxylation is 1. The topological polar surface area (TPSA) is 63.8 Å². The van der Waals surface area contributed by atoms with Crippen molar-refractivity contribution in [2.75, 3.05) is 7.11 Å². The van der Waals surface area contributed by atoms with Gasteiger partial charge >= 0.3 is 0 Å². The molecule has 2 aliphatic rings. The van der Waals surface area contributed by atoms with Crippen LogP contribution in [0.25, 0.3) is 11.8 Å². The molecule has 1 aliphatic heterocycles. The first-order valence-corrected chi connectivity index (χ1v) is 14.4. The number of halogens is 2. The summed E-state index contributed by atoms with van der Waals surface area (Å²) >= 11 is 5.70. The molecule has 1 atom stereocenters. The molecule has 0 bridgehead atoms. The smallest absolute Gasteiger partial charge is 0.271 e. The van der Waals surface area contributed by atoms with Crippen LogP contribution in [0.2, 0.25) is 0 Å². The predicted molar refractivity (Wildman–Crippen MR) is 159 cm³/mol. The minimum absolute atomic E-state index is 0.106. The summed E-state index contributed by atoms with van der Waals surface area (Å²) in [5.74, 6) is 0.933. The molecular weight excluding hydrogens is 698 g/mol. The Morgan fingerprint density at radius 1 is 1.11 bits per heavy atom. The molecule has 8 heteroatoms. The zero-order valence-electron chi connectivity index (χ0n) is 19.2. The Balaban J connectivity index is 1.64. The van der Waals surface area contributed by atoms with Crippen molar-refractivity contribution in [1.82, 2.24) is 4.57 Å². The van der Waals surface area contributed by atoms with Gasteiger partial charge in [0.2, 0.25) is 0 Å². The number of allylic oxidation sites excluding steroid dienone is 1. The van der Waals surface area contributed by atoms with E-state index >= 15 is 0 Å². The van der Waals surface area contributed by atoms with Crippen LogP contribution in [-0.4, -0.2) is 16.8 Å². The lowest BCUT2D eigenvalue weighted by atomic mass is 9.83. The Hall–Kier alpha value is -2.44. The summed E-state index contributed by atoms with van der Waals surface area (Å²) in [5.41, 5.74) is 6.04. The third kappa shape index (κ3) is 4.03. The number of rotatable bonds is 3. The summed E-state index contributed by atoms with van der Waals surface area (Å²) in [5, 5.41) is 10.7. The highest BCUT2D eigenvalue weighted by molar-refractivity contribution is 14.1. The van der Waals surface area contributed by atoms with E-state index in [1.54, 1.807) is 13.2 Å². The number of hydrogen-bond acceptors (Lipinski definition) is 5. The van der Waals surface area contributed by atoms with Gasteiger partial charge in [0.1, 0.15) is 11.5 Å². The average molecular weight is 718 g/mol. The van der Waals surface area contributed by atoms with Gasteiger partial charge in [-0.1, -0.05) is 47.7 Å². The molecule has 3 aromatic carbocycles. The number of phenolic OH excluding ortho intramolecular Hbond substituents is 1. The van der Waals surface area contributed by atoms with Crippen LogP contribution < -0.4 is 19.6 Å². The van der Waals surface area contributed by atoms with Crippen LogP contribution in [0, 0.1) is 7.14 Å². The fourth-order valence-electron chi connectivity index (χ4n) is 4.97. The van der Waals surface area contributed by atoms with Crippen LogP contribution in [0.1, 0.15) is 34.7 Å². The molecule has 1 aliphatic carbocycles. The molecule has 36 heavy (non-hydrogen) atoms. The number of aromatic nitrogens is 1. The first-order valence-electron chi connectivity index (χ1n) is 11.4. The van der Waals surface area contributed by atoms with E-state index in [2.05, 4.69) is 69.4 Å². The number of phenols is 1. The second kappa shape index (κ2) is 9.46. The molecular formula is C28H20I2N2O3S. The number of nitrogens with zero attached hydrogens (tertiary/aromatic N) is 2. The van der Waals surface area contributed by atoms with Crippen molar-refractivity contribution >= 4 is 68.3 Å². The van der Waals surface area contributed by atoms with E-state index in [9.17, 15) is 9.90 Å². The van der Waals surface area contributed by atoms with Crippen LogP contribution in [-0.2, 0) is 6.42 Å². The van der Waals surface area contributed by atoms with Crippen molar-refractivity contribution < 1.29 is 9.84 Å². The Morgan fingerprint density at radius 3 is 2.78 bits per heavy atom. The third-order valence-electron chi connectivity index (χ3n) is 6.63. The van der Waals surface area contributed by atoms with Crippen molar-refractivity contribution in [3.8, 4) is 11.5 Å². The van der Waals surface area contributed by atoms with Crippen molar-refractivity contribution in [3.63, 3.8) is 0 Å². The standard InChI is InChI=1S/C28H20I2N2O3S/c1-35-19-7-4-6-16(12-19)25-21-10-9-15-5-2-3-8-20(15)24(21)31-28-32(25)27(34)23(36-28)13-17-11-18(29)14-22(30)26(17)33/h2-8,11-14,25,33H,9-10H2,1H3/b23-13-. The molecule has 0 amide bonds. The number of aromatic hydroxyl groups is 1. The highest BCUT2D eigenvalue weighted by Crippen LogP contribution is 2.41. The predicted octanol–water partition coefficient (Wildman–Crippen LogP) is 5.24. The van der Waals surface area contributed by atoms with E-state index in [1.807, 2.05) is 41.0 Å². The van der Waals surface area contributed by atoms with Crippen molar-refractivity contribution in [1.29, 1.82) is 0 Å². The highest BCUT2D eigenvalue weighted by Gasteiger charge is 2.32. The molecule has 1 N–H and O–H groups in total. The molecule has 0 saturated heterocycles. The maximum Gasteiger partial charge on any atom is 0.271 e. The van der Waals surface area contributed by atoms with Gasteiger partial charge in [-0.05, 0) is 105 Å². The Morgan fingerprint density at radius 2 is 1.94 bits per heavy atom. The quantitative estimate of drug-likeness (QED) is 0.295. The number of benzene rings is 3. The first-order chi connectivity index (χ1) is 17.4. The van der Waals surface area contributed by atoms with Gasteiger partial charge < -0.3 is 9.84 Å². The molecule has 2 heterocycles. The lowest BCUT2D eigenvalue weighted by molar-refractivity contribution is 0.413. The number of ether oxygens (including phenoxy) is 1. The van der Waals surface area contributed by atoms with Crippen molar-refractivity contribution in [2.45, 2.75) is 18.9 Å². The number of hydrogen-bond donors (Lipinski definition) is 1. The lowest BCUT2D eigenvalue weighted by Crippen LogP contribution is -2.38. The largest absolute Gasteiger partial charge is 0.506 e. The van der Waals surface area contributed by atoms with Crippen LogP contribution in [0.15, 0.2) is 76.0 Å². The molecule has 4 aromatic rings. The van der Waals surface area contributed by atoms with Crippen LogP contribution >= 0.6 is 56.5 Å². The van der Waals surface area contributed by atoms with Gasteiger partial charge in [0.15, 0.2) is 4.80 Å². The van der Waals surface area contributed by atoms with E-state index in [-0.39, 0.29) is 17.4 Å². The first kappa shape index (κ1) is 23.9. The van der Waals surface area contributed by atoms with E-state index in [1.165, 1.54) is 16.9 Å². The summed E-state index contributed by atoms with van der Waals surface area (Å²) in [7, 11) is 1.65. The molecule has 0 spiro atoms. The van der Waals surface area contributed by atoms with Gasteiger partial charge in [-0.15, -0.1) is 0 Å². The molecule has 6 rings (SSSR count). The van der Waals surface area contributed by atoms with Crippen LogP contribution in [0.3, 0.4) is 0 Å². The third-order valence-corrected chi connectivity index (χ3v) is 9.05. The van der Waals surface area contributed by atoms with Gasteiger partial charge in [0.05, 0.1) is 27.0 Å². The minimum atomic E-state index is -0.272. The minimum Gasteiger partial charge on any atom is -0.506 e. The molecule has 0 radical (unpaired) electrons. The van der Waals surface area contributed by atoms with E-state index in [4.69, 9.17) is 9.73 Å². The maximum absolute atomic E-state index is 13.9. The fraction of sp³-hybridized carbons (Fsp3) is 0.143. The fourth-order valence-corrected chi connectivity index (χ4v) is 7.85. The monoisotopic (exact) mass is 718 g/mol. The van der Waals surface area contributed by atoms with Crippen molar-refractivity contribution in [2.24, 2.45) is 4.99 Å². The molecule has 0 saturated carbocycles. The van der Waals surface area contributed by atoms with E-state index in [0.717, 1.165) is 48.1 Å². The molecule has 5 nitrogen and oxygen atoms in total. The summed E-state index contributed by atoms with van der Waals surface area (Å²) < 4.78 is 9.62. The summed E-state index contributed by atoms with van der Waals surface area (Å²) in [4.78, 5) is 19.6. The van der Waals surface area contributed by atoms with E-state index in [0.29, 0.717) is 14.9 Å². The van der Waals surface area contributed by atoms with Gasteiger partial charge in [-0.25, -0.2) is 4.99 Å². The normalized spacial score (nSPS) is 16.8. The van der Waals surface area contributed by atoms with Gasteiger partial charge in [-0.3, -0.25) is 9.36 Å². The lowest BCUT2D eigenvalue weighted by Gasteiger charge is -2.31. The number of fused-ring (bicyclic) bond motifs is 3. The summed E-state index contributed by atoms with van der Waals surface area (Å²) in [6.07, 6.45) is 3.52. The Bertz CT molecular complexity index is 1750. The SMILES string of the molecule is COc1cccc(C2C3=C(N=c4s/c(=C\c5cc(I)cc(I)c5O)c(=O)n42)c2ccccc2CC3)c1. The number of methoxy groups -OCH3 is 1.